The SMILES string of the molecule is COc1ccc(NC(=O)CC[C@H]2CCCN(S(=O)(=O)C3CC3)C2)c(C)c1. The average Bonchev–Trinajstić information content (AvgIpc) is 3.47. The first kappa shape index (κ1) is 19.2. The molecule has 1 amide bonds. The minimum atomic E-state index is -3.10. The lowest BCUT2D eigenvalue weighted by molar-refractivity contribution is -0.116. The zero-order valence-electron chi connectivity index (χ0n) is 15.5. The van der Waals surface area contributed by atoms with E-state index in [1.54, 1.807) is 11.4 Å². The number of anilines is 1. The van der Waals surface area contributed by atoms with E-state index >= 15 is 0 Å². The van der Waals surface area contributed by atoms with Crippen LogP contribution in [-0.2, 0) is 14.8 Å². The Morgan fingerprint density at radius 1 is 1.31 bits per heavy atom. The Labute approximate surface area is 156 Å². The normalized spacial score (nSPS) is 21.4. The van der Waals surface area contributed by atoms with Gasteiger partial charge in [0.15, 0.2) is 0 Å². The van der Waals surface area contributed by atoms with Crippen LogP contribution >= 0.6 is 0 Å². The molecule has 1 N–H and O–H groups in total. The van der Waals surface area contributed by atoms with E-state index in [9.17, 15) is 13.2 Å². The van der Waals surface area contributed by atoms with Gasteiger partial charge in [0, 0.05) is 25.2 Å². The van der Waals surface area contributed by atoms with Crippen molar-refractivity contribution in [3.05, 3.63) is 23.8 Å². The third-order valence-corrected chi connectivity index (χ3v) is 7.64. The maximum absolute atomic E-state index is 12.4. The van der Waals surface area contributed by atoms with Crippen LogP contribution in [0.5, 0.6) is 5.75 Å². The highest BCUT2D eigenvalue weighted by Gasteiger charge is 2.41. The molecule has 0 unspecified atom stereocenters. The summed E-state index contributed by atoms with van der Waals surface area (Å²) in [5.41, 5.74) is 1.74. The van der Waals surface area contributed by atoms with Crippen molar-refractivity contribution in [1.82, 2.24) is 4.31 Å². The number of hydrogen-bond acceptors (Lipinski definition) is 4. The molecule has 1 saturated carbocycles. The van der Waals surface area contributed by atoms with E-state index in [4.69, 9.17) is 4.74 Å². The molecule has 26 heavy (non-hydrogen) atoms. The van der Waals surface area contributed by atoms with Gasteiger partial charge in [0.2, 0.25) is 15.9 Å². The van der Waals surface area contributed by atoms with Crippen molar-refractivity contribution in [2.75, 3.05) is 25.5 Å². The summed E-state index contributed by atoms with van der Waals surface area (Å²) in [5.74, 6) is 1.00. The van der Waals surface area contributed by atoms with Gasteiger partial charge in [0.1, 0.15) is 5.75 Å². The highest BCUT2D eigenvalue weighted by Crippen LogP contribution is 2.34. The predicted molar refractivity (Wildman–Crippen MR) is 102 cm³/mol. The molecule has 1 aliphatic carbocycles. The van der Waals surface area contributed by atoms with Crippen LogP contribution in [0.4, 0.5) is 5.69 Å². The van der Waals surface area contributed by atoms with E-state index in [0.29, 0.717) is 19.5 Å². The van der Waals surface area contributed by atoms with E-state index in [1.165, 1.54) is 0 Å². The molecule has 0 spiro atoms. The fourth-order valence-electron chi connectivity index (χ4n) is 3.52. The standard InChI is InChI=1S/C19H28N2O4S/c1-14-12-16(25-2)6-9-18(14)20-19(22)10-5-15-4-3-11-21(13-15)26(23,24)17-7-8-17/h6,9,12,15,17H,3-5,7-8,10-11,13H2,1-2H3,(H,20,22)/t15-/m1/s1. The Balaban J connectivity index is 1.49. The van der Waals surface area contributed by atoms with Crippen molar-refractivity contribution in [3.63, 3.8) is 0 Å². The second-order valence-electron chi connectivity index (χ2n) is 7.38. The highest BCUT2D eigenvalue weighted by atomic mass is 32.2. The molecule has 1 atom stereocenters. The Hall–Kier alpha value is -1.60. The number of methoxy groups -OCH3 is 1. The number of benzene rings is 1. The first-order chi connectivity index (χ1) is 12.4. The summed E-state index contributed by atoms with van der Waals surface area (Å²) in [4.78, 5) is 12.3. The molecule has 0 aromatic heterocycles. The van der Waals surface area contributed by atoms with Crippen molar-refractivity contribution >= 4 is 21.6 Å². The van der Waals surface area contributed by atoms with Crippen molar-refractivity contribution in [3.8, 4) is 5.75 Å². The molecule has 1 aromatic carbocycles. The summed E-state index contributed by atoms with van der Waals surface area (Å²) in [6.45, 7) is 3.13. The van der Waals surface area contributed by atoms with Gasteiger partial charge in [0.25, 0.3) is 0 Å². The number of ether oxygens (including phenoxy) is 1. The second-order valence-corrected chi connectivity index (χ2v) is 9.59. The molecule has 1 saturated heterocycles. The fourth-order valence-corrected chi connectivity index (χ4v) is 5.48. The molecule has 1 heterocycles. The lowest BCUT2D eigenvalue weighted by atomic mass is 9.94. The minimum Gasteiger partial charge on any atom is -0.497 e. The molecule has 2 aliphatic rings. The summed E-state index contributed by atoms with van der Waals surface area (Å²) in [7, 11) is -1.49. The van der Waals surface area contributed by atoms with Gasteiger partial charge in [-0.2, -0.15) is 0 Å². The molecular weight excluding hydrogens is 352 g/mol. The zero-order valence-corrected chi connectivity index (χ0v) is 16.3. The zero-order chi connectivity index (χ0) is 18.7. The average molecular weight is 381 g/mol. The lowest BCUT2D eigenvalue weighted by Crippen LogP contribution is -2.41. The number of carbonyl (C=O) groups is 1. The van der Waals surface area contributed by atoms with Crippen molar-refractivity contribution in [1.29, 1.82) is 0 Å². The van der Waals surface area contributed by atoms with Crippen molar-refractivity contribution < 1.29 is 17.9 Å². The van der Waals surface area contributed by atoms with E-state index < -0.39 is 10.0 Å². The number of hydrogen-bond donors (Lipinski definition) is 1. The molecule has 0 radical (unpaired) electrons. The molecule has 1 aromatic rings. The summed E-state index contributed by atoms with van der Waals surface area (Å²) in [6.07, 6.45) is 4.60. The summed E-state index contributed by atoms with van der Waals surface area (Å²) >= 11 is 0. The van der Waals surface area contributed by atoms with Gasteiger partial charge in [-0.1, -0.05) is 0 Å². The van der Waals surface area contributed by atoms with Crippen LogP contribution in [0.1, 0.15) is 44.1 Å². The third-order valence-electron chi connectivity index (χ3n) is 5.27. The number of nitrogens with one attached hydrogen (secondary N) is 1. The molecule has 7 heteroatoms. The van der Waals surface area contributed by atoms with E-state index in [1.807, 2.05) is 25.1 Å². The molecule has 1 aliphatic heterocycles. The van der Waals surface area contributed by atoms with Crippen LogP contribution in [0.3, 0.4) is 0 Å². The first-order valence-electron chi connectivity index (χ1n) is 9.33. The van der Waals surface area contributed by atoms with E-state index in [-0.39, 0.29) is 17.1 Å². The highest BCUT2D eigenvalue weighted by molar-refractivity contribution is 7.90. The minimum absolute atomic E-state index is 0.0274. The maximum atomic E-state index is 12.4. The molecule has 2 fully saturated rings. The van der Waals surface area contributed by atoms with Gasteiger partial charge in [0.05, 0.1) is 12.4 Å². The fraction of sp³-hybridized carbons (Fsp3) is 0.632. The van der Waals surface area contributed by atoms with Crippen LogP contribution in [0, 0.1) is 12.8 Å². The smallest absolute Gasteiger partial charge is 0.224 e. The molecule has 0 bridgehead atoms. The Kier molecular flexibility index (Phi) is 5.87. The molecular formula is C19H28N2O4S. The van der Waals surface area contributed by atoms with Crippen LogP contribution < -0.4 is 10.1 Å². The lowest BCUT2D eigenvalue weighted by Gasteiger charge is -2.32. The number of nitrogens with zero attached hydrogens (tertiary/aromatic N) is 1. The molecule has 6 nitrogen and oxygen atoms in total. The van der Waals surface area contributed by atoms with Gasteiger partial charge in [-0.15, -0.1) is 0 Å². The monoisotopic (exact) mass is 380 g/mol. The van der Waals surface area contributed by atoms with E-state index in [2.05, 4.69) is 5.32 Å². The number of carbonyl (C=O) groups excluding carboxylic acids is 1. The first-order valence-corrected chi connectivity index (χ1v) is 10.8. The Morgan fingerprint density at radius 3 is 2.73 bits per heavy atom. The van der Waals surface area contributed by atoms with Crippen LogP contribution in [-0.4, -0.2) is 44.1 Å². The largest absolute Gasteiger partial charge is 0.497 e. The number of amides is 1. The maximum Gasteiger partial charge on any atom is 0.224 e. The van der Waals surface area contributed by atoms with Gasteiger partial charge in [-0.25, -0.2) is 12.7 Å². The van der Waals surface area contributed by atoms with Crippen molar-refractivity contribution in [2.45, 2.75) is 50.7 Å². The second kappa shape index (κ2) is 7.96. The van der Waals surface area contributed by atoms with Crippen molar-refractivity contribution in [2.24, 2.45) is 5.92 Å². The summed E-state index contributed by atoms with van der Waals surface area (Å²) < 4.78 is 31.6. The number of aryl methyl sites for hydroxylation is 1. The summed E-state index contributed by atoms with van der Waals surface area (Å²) in [6, 6.07) is 5.55. The van der Waals surface area contributed by atoms with Crippen LogP contribution in [0.25, 0.3) is 0 Å². The van der Waals surface area contributed by atoms with Crippen LogP contribution in [0.15, 0.2) is 18.2 Å². The quantitative estimate of drug-likeness (QED) is 0.789. The summed E-state index contributed by atoms with van der Waals surface area (Å²) in [5, 5.41) is 2.79. The van der Waals surface area contributed by atoms with Gasteiger partial charge < -0.3 is 10.1 Å². The van der Waals surface area contributed by atoms with Gasteiger partial charge in [-0.3, -0.25) is 4.79 Å². The number of piperidine rings is 1. The van der Waals surface area contributed by atoms with Gasteiger partial charge >= 0.3 is 0 Å². The van der Waals surface area contributed by atoms with Crippen LogP contribution in [0.2, 0.25) is 0 Å². The molecule has 3 rings (SSSR count). The van der Waals surface area contributed by atoms with Gasteiger partial charge in [-0.05, 0) is 68.7 Å². The van der Waals surface area contributed by atoms with E-state index in [0.717, 1.165) is 49.1 Å². The third kappa shape index (κ3) is 4.57. The number of rotatable bonds is 7. The Morgan fingerprint density at radius 2 is 2.08 bits per heavy atom. The Bertz CT molecular complexity index is 759. The topological polar surface area (TPSA) is 75.7 Å². The molecule has 144 valence electrons. The predicted octanol–water partition coefficient (Wildman–Crippen LogP) is 2.93. The number of sulfonamides is 1.